The van der Waals surface area contributed by atoms with Crippen molar-refractivity contribution in [3.8, 4) is 10.4 Å². The maximum absolute atomic E-state index is 13.6. The Hall–Kier alpha value is -2.84. The average molecular weight is 497 g/mol. The molecule has 1 aliphatic heterocycles. The molecule has 2 aromatic heterocycles. The molecule has 3 heterocycles. The van der Waals surface area contributed by atoms with Gasteiger partial charge in [0.2, 0.25) is 5.91 Å². The molecule has 35 heavy (non-hydrogen) atoms. The number of aromatic nitrogens is 1. The highest BCUT2D eigenvalue weighted by Crippen LogP contribution is 2.46. The molecule has 0 aromatic carbocycles. The van der Waals surface area contributed by atoms with Crippen LogP contribution in [-0.2, 0) is 16.1 Å². The van der Waals surface area contributed by atoms with Crippen LogP contribution in [0.25, 0.3) is 10.4 Å². The zero-order chi connectivity index (χ0) is 25.5. The molecule has 0 bridgehead atoms. The quantitative estimate of drug-likeness (QED) is 0.648. The van der Waals surface area contributed by atoms with Gasteiger partial charge in [-0.05, 0) is 76.9 Å². The van der Waals surface area contributed by atoms with E-state index in [1.165, 1.54) is 0 Å². The number of carbonyl (C=O) groups excluding carboxylic acids is 2. The number of fused-ring (bicyclic) bond motifs is 3. The van der Waals surface area contributed by atoms with E-state index in [1.807, 2.05) is 57.8 Å². The molecule has 1 aliphatic carbocycles. The molecule has 2 amide bonds. The normalized spacial score (nSPS) is 19.4. The number of methoxy groups -OCH3 is 1. The minimum absolute atomic E-state index is 0.0208. The van der Waals surface area contributed by atoms with Gasteiger partial charge < -0.3 is 24.4 Å². The fourth-order valence-electron chi connectivity index (χ4n) is 4.80. The van der Waals surface area contributed by atoms with E-state index in [-0.39, 0.29) is 35.7 Å². The molecule has 2 atom stereocenters. The molecule has 4 rings (SSSR count). The first-order valence-electron chi connectivity index (χ1n) is 12.0. The number of nitrogens with one attached hydrogen (secondary N) is 1. The van der Waals surface area contributed by atoms with Crippen molar-refractivity contribution < 1.29 is 14.3 Å². The molecular weight excluding hydrogens is 460 g/mol. The molecular formula is C27H36N4O3S. The first kappa shape index (κ1) is 25.3. The van der Waals surface area contributed by atoms with E-state index in [0.29, 0.717) is 17.2 Å². The van der Waals surface area contributed by atoms with Crippen LogP contribution in [0.4, 0.5) is 0 Å². The monoisotopic (exact) mass is 496 g/mol. The largest absolute Gasteiger partial charge is 0.495 e. The summed E-state index contributed by atoms with van der Waals surface area (Å²) in [5.74, 6) is 0.877. The molecule has 2 unspecified atom stereocenters. The molecule has 1 N–H and O–H groups in total. The maximum Gasteiger partial charge on any atom is 0.270 e. The fraction of sp³-hybridized carbons (Fsp3) is 0.481. The molecule has 0 fully saturated rings. The minimum atomic E-state index is -0.285. The Balaban J connectivity index is 1.81. The van der Waals surface area contributed by atoms with Crippen LogP contribution in [0.1, 0.15) is 49.3 Å². The molecule has 2 aliphatic rings. The number of rotatable bonds is 6. The standard InChI is InChI=1S/C27H36N4O3S/c1-27(2,3)30(6)26(33)21-15-19(23-9-8-12-35-23)25-18-14-20(28-24(32)16-29(4)5)22(34-7)13-17(18)10-11-31(21)25/h8-9,12-15,17-18H,10-11,16H2,1-7H3,(H,28,32). The van der Waals surface area contributed by atoms with Gasteiger partial charge in [0.25, 0.3) is 5.91 Å². The number of thiophene rings is 1. The van der Waals surface area contributed by atoms with Gasteiger partial charge in [0.1, 0.15) is 11.5 Å². The smallest absolute Gasteiger partial charge is 0.270 e. The zero-order valence-electron chi connectivity index (χ0n) is 21.7. The predicted molar refractivity (Wildman–Crippen MR) is 140 cm³/mol. The van der Waals surface area contributed by atoms with Crippen molar-refractivity contribution in [3.05, 3.63) is 58.6 Å². The summed E-state index contributed by atoms with van der Waals surface area (Å²) in [5.41, 5.74) is 3.33. The number of allylic oxidation sites excluding steroid dienone is 2. The van der Waals surface area contributed by atoms with Gasteiger partial charge in [-0.1, -0.05) is 6.07 Å². The first-order valence-corrected chi connectivity index (χ1v) is 12.9. The SMILES string of the molecule is COC1=CC2CCn3c(C(=O)N(C)C(C)(C)C)cc(-c4cccs4)c3C2C=C1NC(=O)CN(C)C. The van der Waals surface area contributed by atoms with Gasteiger partial charge >= 0.3 is 0 Å². The molecule has 188 valence electrons. The first-order chi connectivity index (χ1) is 16.5. The van der Waals surface area contributed by atoms with Crippen molar-refractivity contribution in [2.24, 2.45) is 5.92 Å². The molecule has 8 heteroatoms. The molecule has 0 saturated heterocycles. The number of amides is 2. The summed E-state index contributed by atoms with van der Waals surface area (Å²) < 4.78 is 7.86. The van der Waals surface area contributed by atoms with Crippen LogP contribution in [0.15, 0.2) is 47.2 Å². The van der Waals surface area contributed by atoms with Crippen LogP contribution in [0.2, 0.25) is 0 Å². The lowest BCUT2D eigenvalue weighted by Crippen LogP contribution is -2.43. The second-order valence-corrected chi connectivity index (χ2v) is 11.5. The third-order valence-electron chi connectivity index (χ3n) is 6.85. The maximum atomic E-state index is 13.6. The van der Waals surface area contributed by atoms with Gasteiger partial charge in [0, 0.05) is 41.2 Å². The van der Waals surface area contributed by atoms with E-state index in [9.17, 15) is 9.59 Å². The second-order valence-electron chi connectivity index (χ2n) is 10.6. The average Bonchev–Trinajstić information content (AvgIpc) is 3.44. The van der Waals surface area contributed by atoms with E-state index in [2.05, 4.69) is 39.5 Å². The summed E-state index contributed by atoms with van der Waals surface area (Å²) in [6, 6.07) is 6.20. The van der Waals surface area contributed by atoms with Gasteiger partial charge in [-0.2, -0.15) is 0 Å². The van der Waals surface area contributed by atoms with Gasteiger partial charge in [0.15, 0.2) is 0 Å². The highest BCUT2D eigenvalue weighted by atomic mass is 32.1. The summed E-state index contributed by atoms with van der Waals surface area (Å²) >= 11 is 1.68. The Morgan fingerprint density at radius 3 is 2.57 bits per heavy atom. The minimum Gasteiger partial charge on any atom is -0.495 e. The summed E-state index contributed by atoms with van der Waals surface area (Å²) in [7, 11) is 7.24. The molecule has 0 spiro atoms. The van der Waals surface area contributed by atoms with Crippen LogP contribution in [0.5, 0.6) is 0 Å². The summed E-state index contributed by atoms with van der Waals surface area (Å²) in [6.07, 6.45) is 5.13. The summed E-state index contributed by atoms with van der Waals surface area (Å²) in [5, 5.41) is 5.11. The predicted octanol–water partition coefficient (Wildman–Crippen LogP) is 4.30. The van der Waals surface area contributed by atoms with Crippen LogP contribution in [0, 0.1) is 5.92 Å². The van der Waals surface area contributed by atoms with Crippen LogP contribution in [0.3, 0.4) is 0 Å². The number of ether oxygens (including phenoxy) is 1. The fourth-order valence-corrected chi connectivity index (χ4v) is 5.55. The Morgan fingerprint density at radius 1 is 1.23 bits per heavy atom. The number of nitrogens with zero attached hydrogens (tertiary/aromatic N) is 3. The lowest BCUT2D eigenvalue weighted by Gasteiger charge is -2.36. The molecule has 0 radical (unpaired) electrons. The Kier molecular flexibility index (Phi) is 6.97. The number of hydrogen-bond donors (Lipinski definition) is 1. The van der Waals surface area contributed by atoms with Crippen LogP contribution in [-0.4, -0.2) is 66.5 Å². The van der Waals surface area contributed by atoms with Crippen molar-refractivity contribution in [1.29, 1.82) is 0 Å². The lowest BCUT2D eigenvalue weighted by molar-refractivity contribution is -0.121. The van der Waals surface area contributed by atoms with Crippen LogP contribution < -0.4 is 5.32 Å². The Bertz CT molecular complexity index is 1170. The van der Waals surface area contributed by atoms with E-state index < -0.39 is 0 Å². The number of likely N-dealkylation sites (N-methyl/N-ethyl adjacent to an activating group) is 1. The lowest BCUT2D eigenvalue weighted by atomic mass is 9.79. The Morgan fingerprint density at radius 2 is 1.97 bits per heavy atom. The number of hydrogen-bond acceptors (Lipinski definition) is 5. The third-order valence-corrected chi connectivity index (χ3v) is 7.75. The highest BCUT2D eigenvalue weighted by molar-refractivity contribution is 7.13. The van der Waals surface area contributed by atoms with E-state index >= 15 is 0 Å². The van der Waals surface area contributed by atoms with Crippen molar-refractivity contribution >= 4 is 23.2 Å². The summed E-state index contributed by atoms with van der Waals surface area (Å²) in [4.78, 5) is 31.0. The second kappa shape index (κ2) is 9.66. The number of carbonyl (C=O) groups is 2. The van der Waals surface area contributed by atoms with Crippen molar-refractivity contribution in [2.45, 2.75) is 45.2 Å². The molecule has 0 saturated carbocycles. The van der Waals surface area contributed by atoms with E-state index in [4.69, 9.17) is 4.74 Å². The van der Waals surface area contributed by atoms with Crippen molar-refractivity contribution in [2.75, 3.05) is 34.8 Å². The van der Waals surface area contributed by atoms with Gasteiger partial charge in [-0.15, -0.1) is 11.3 Å². The Labute approximate surface area is 212 Å². The van der Waals surface area contributed by atoms with Crippen molar-refractivity contribution in [3.63, 3.8) is 0 Å². The van der Waals surface area contributed by atoms with E-state index in [0.717, 1.165) is 29.1 Å². The highest BCUT2D eigenvalue weighted by Gasteiger charge is 2.38. The zero-order valence-corrected chi connectivity index (χ0v) is 22.5. The van der Waals surface area contributed by atoms with Gasteiger partial charge in [0.05, 0.1) is 19.4 Å². The van der Waals surface area contributed by atoms with Gasteiger partial charge in [-0.25, -0.2) is 0 Å². The third kappa shape index (κ3) is 4.95. The topological polar surface area (TPSA) is 66.8 Å². The van der Waals surface area contributed by atoms with Crippen LogP contribution >= 0.6 is 11.3 Å². The molecule has 7 nitrogen and oxygen atoms in total. The molecule has 2 aromatic rings. The summed E-state index contributed by atoms with van der Waals surface area (Å²) in [6.45, 7) is 7.18. The van der Waals surface area contributed by atoms with Crippen molar-refractivity contribution in [1.82, 2.24) is 19.7 Å². The van der Waals surface area contributed by atoms with Gasteiger partial charge in [-0.3, -0.25) is 9.59 Å². The van der Waals surface area contributed by atoms with E-state index in [1.54, 1.807) is 18.4 Å².